The maximum atomic E-state index is 9.12. The van der Waals surface area contributed by atoms with Crippen LogP contribution >= 0.6 is 0 Å². The van der Waals surface area contributed by atoms with Crippen molar-refractivity contribution in [3.63, 3.8) is 0 Å². The van der Waals surface area contributed by atoms with Gasteiger partial charge in [-0.3, -0.25) is 4.90 Å². The Morgan fingerprint density at radius 3 is 2.80 bits per heavy atom. The van der Waals surface area contributed by atoms with E-state index in [0.717, 1.165) is 13.0 Å². The molecule has 3 heteroatoms. The molecule has 0 saturated carbocycles. The van der Waals surface area contributed by atoms with E-state index in [1.165, 1.54) is 0 Å². The third-order valence-corrected chi connectivity index (χ3v) is 1.79. The van der Waals surface area contributed by atoms with Gasteiger partial charge in [0.15, 0.2) is 6.29 Å². The molecule has 1 saturated heterocycles. The van der Waals surface area contributed by atoms with E-state index in [4.69, 9.17) is 9.84 Å². The molecule has 0 amide bonds. The summed E-state index contributed by atoms with van der Waals surface area (Å²) in [5.74, 6) is 0. The molecule has 1 fully saturated rings. The summed E-state index contributed by atoms with van der Waals surface area (Å²) < 4.78 is 5.22. The second kappa shape index (κ2) is 3.32. The quantitative estimate of drug-likeness (QED) is 0.565. The van der Waals surface area contributed by atoms with E-state index in [1.54, 1.807) is 0 Å². The van der Waals surface area contributed by atoms with E-state index in [1.807, 2.05) is 7.05 Å². The maximum Gasteiger partial charge on any atom is 0.167 e. The van der Waals surface area contributed by atoms with Crippen molar-refractivity contribution in [2.75, 3.05) is 20.1 Å². The number of hydrogen-bond acceptors (Lipinski definition) is 3. The first-order chi connectivity index (χ1) is 4.72. The van der Waals surface area contributed by atoms with Gasteiger partial charge in [0.2, 0.25) is 0 Å². The van der Waals surface area contributed by atoms with Crippen molar-refractivity contribution in [2.45, 2.75) is 25.7 Å². The van der Waals surface area contributed by atoms with E-state index in [9.17, 15) is 0 Å². The SMILES string of the molecule is CC[C@@H]1CN(C)C[C@@H](O)O1. The van der Waals surface area contributed by atoms with Gasteiger partial charge in [-0.15, -0.1) is 0 Å². The van der Waals surface area contributed by atoms with E-state index in [0.29, 0.717) is 6.54 Å². The zero-order valence-corrected chi connectivity index (χ0v) is 6.58. The molecular formula is C7H15NO2. The molecule has 0 spiro atoms. The lowest BCUT2D eigenvalue weighted by atomic mass is 10.2. The molecule has 3 nitrogen and oxygen atoms in total. The average molecular weight is 145 g/mol. The second-order valence-corrected chi connectivity index (χ2v) is 2.84. The molecule has 0 radical (unpaired) electrons. The van der Waals surface area contributed by atoms with Crippen LogP contribution in [0.15, 0.2) is 0 Å². The number of aliphatic hydroxyl groups excluding tert-OH is 1. The fraction of sp³-hybridized carbons (Fsp3) is 1.00. The maximum absolute atomic E-state index is 9.12. The first kappa shape index (κ1) is 7.98. The van der Waals surface area contributed by atoms with Crippen molar-refractivity contribution in [2.24, 2.45) is 0 Å². The predicted molar refractivity (Wildman–Crippen MR) is 38.7 cm³/mol. The van der Waals surface area contributed by atoms with Crippen LogP contribution in [0.25, 0.3) is 0 Å². The summed E-state index contributed by atoms with van der Waals surface area (Å²) >= 11 is 0. The van der Waals surface area contributed by atoms with Crippen LogP contribution in [0.5, 0.6) is 0 Å². The molecule has 0 unspecified atom stereocenters. The average Bonchev–Trinajstić information content (AvgIpc) is 1.85. The third-order valence-electron chi connectivity index (χ3n) is 1.79. The summed E-state index contributed by atoms with van der Waals surface area (Å²) in [6.07, 6.45) is 0.610. The van der Waals surface area contributed by atoms with Gasteiger partial charge in [0.05, 0.1) is 6.10 Å². The number of nitrogens with zero attached hydrogens (tertiary/aromatic N) is 1. The molecule has 0 aliphatic carbocycles. The molecular weight excluding hydrogens is 130 g/mol. The highest BCUT2D eigenvalue weighted by Crippen LogP contribution is 2.09. The van der Waals surface area contributed by atoms with Crippen LogP contribution in [-0.4, -0.2) is 42.5 Å². The molecule has 1 aliphatic rings. The first-order valence-corrected chi connectivity index (χ1v) is 3.74. The van der Waals surface area contributed by atoms with Crippen LogP contribution in [0.2, 0.25) is 0 Å². The molecule has 0 aromatic heterocycles. The molecule has 0 aromatic carbocycles. The summed E-state index contributed by atoms with van der Waals surface area (Å²) in [6, 6.07) is 0. The van der Waals surface area contributed by atoms with Gasteiger partial charge in [0.1, 0.15) is 0 Å². The zero-order chi connectivity index (χ0) is 7.56. The Labute approximate surface area is 61.6 Å². The monoisotopic (exact) mass is 145 g/mol. The summed E-state index contributed by atoms with van der Waals surface area (Å²) in [5, 5.41) is 9.12. The fourth-order valence-electron chi connectivity index (χ4n) is 1.22. The number of morpholine rings is 1. The lowest BCUT2D eigenvalue weighted by Gasteiger charge is -2.32. The molecule has 1 N–H and O–H groups in total. The van der Waals surface area contributed by atoms with Crippen molar-refractivity contribution in [3.05, 3.63) is 0 Å². The van der Waals surface area contributed by atoms with E-state index < -0.39 is 6.29 Å². The van der Waals surface area contributed by atoms with E-state index in [2.05, 4.69) is 11.8 Å². The fourth-order valence-corrected chi connectivity index (χ4v) is 1.22. The van der Waals surface area contributed by atoms with Crippen molar-refractivity contribution in [3.8, 4) is 0 Å². The topological polar surface area (TPSA) is 32.7 Å². The Hall–Kier alpha value is -0.120. The van der Waals surface area contributed by atoms with Gasteiger partial charge in [0.25, 0.3) is 0 Å². The standard InChI is InChI=1S/C7H15NO2/c1-3-6-4-8(2)5-7(9)10-6/h6-7,9H,3-5H2,1-2H3/t6-,7+/m1/s1. The molecule has 10 heavy (non-hydrogen) atoms. The molecule has 1 rings (SSSR count). The molecule has 0 bridgehead atoms. The molecule has 1 heterocycles. The van der Waals surface area contributed by atoms with Gasteiger partial charge in [-0.1, -0.05) is 6.92 Å². The number of rotatable bonds is 1. The summed E-state index contributed by atoms with van der Waals surface area (Å²) in [5.41, 5.74) is 0. The lowest BCUT2D eigenvalue weighted by molar-refractivity contribution is -0.179. The number of aliphatic hydroxyl groups is 1. The minimum absolute atomic E-state index is 0.216. The van der Waals surface area contributed by atoms with Crippen molar-refractivity contribution < 1.29 is 9.84 Å². The Balaban J connectivity index is 2.35. The van der Waals surface area contributed by atoms with Crippen LogP contribution < -0.4 is 0 Å². The highest BCUT2D eigenvalue weighted by atomic mass is 16.6. The van der Waals surface area contributed by atoms with Crippen molar-refractivity contribution >= 4 is 0 Å². The summed E-state index contributed by atoms with van der Waals surface area (Å²) in [6.45, 7) is 3.64. The van der Waals surface area contributed by atoms with E-state index >= 15 is 0 Å². The molecule has 0 aromatic rings. The van der Waals surface area contributed by atoms with Gasteiger partial charge in [-0.05, 0) is 13.5 Å². The highest BCUT2D eigenvalue weighted by Gasteiger charge is 2.21. The number of likely N-dealkylation sites (N-methyl/N-ethyl adjacent to an activating group) is 1. The van der Waals surface area contributed by atoms with Crippen LogP contribution in [0.1, 0.15) is 13.3 Å². The Bertz CT molecular complexity index is 97.8. The van der Waals surface area contributed by atoms with Crippen molar-refractivity contribution in [1.29, 1.82) is 0 Å². The first-order valence-electron chi connectivity index (χ1n) is 3.74. The highest BCUT2D eigenvalue weighted by molar-refractivity contribution is 4.68. The van der Waals surface area contributed by atoms with E-state index in [-0.39, 0.29) is 6.10 Å². The van der Waals surface area contributed by atoms with Crippen molar-refractivity contribution in [1.82, 2.24) is 4.90 Å². The van der Waals surface area contributed by atoms with Crippen LogP contribution in [0.4, 0.5) is 0 Å². The smallest absolute Gasteiger partial charge is 0.167 e. The molecule has 1 aliphatic heterocycles. The summed E-state index contributed by atoms with van der Waals surface area (Å²) in [4.78, 5) is 2.09. The van der Waals surface area contributed by atoms with Crippen LogP contribution in [0.3, 0.4) is 0 Å². The second-order valence-electron chi connectivity index (χ2n) is 2.84. The van der Waals surface area contributed by atoms with Crippen LogP contribution in [0, 0.1) is 0 Å². The molecule has 2 atom stereocenters. The Kier molecular flexibility index (Phi) is 2.65. The minimum Gasteiger partial charge on any atom is -0.367 e. The van der Waals surface area contributed by atoms with Gasteiger partial charge in [-0.25, -0.2) is 0 Å². The zero-order valence-electron chi connectivity index (χ0n) is 6.58. The third kappa shape index (κ3) is 1.94. The van der Waals surface area contributed by atoms with Gasteiger partial charge >= 0.3 is 0 Å². The summed E-state index contributed by atoms with van der Waals surface area (Å²) in [7, 11) is 1.99. The number of ether oxygens (including phenoxy) is 1. The Morgan fingerprint density at radius 2 is 2.30 bits per heavy atom. The van der Waals surface area contributed by atoms with Crippen LogP contribution in [-0.2, 0) is 4.74 Å². The van der Waals surface area contributed by atoms with Gasteiger partial charge in [-0.2, -0.15) is 0 Å². The number of hydrogen-bond donors (Lipinski definition) is 1. The van der Waals surface area contributed by atoms with Gasteiger partial charge in [0, 0.05) is 13.1 Å². The molecule has 60 valence electrons. The minimum atomic E-state index is -0.580. The van der Waals surface area contributed by atoms with Gasteiger partial charge < -0.3 is 9.84 Å². The number of β-amino-alcohol motifs (C(OH)–C–C–N with tert-alkyl or cyclic N) is 1. The lowest BCUT2D eigenvalue weighted by Crippen LogP contribution is -2.45. The Morgan fingerprint density at radius 1 is 1.60 bits per heavy atom. The largest absolute Gasteiger partial charge is 0.367 e. The normalized spacial score (nSPS) is 36.3. The predicted octanol–water partition coefficient (Wildman–Crippen LogP) is 0.0454.